The van der Waals surface area contributed by atoms with Crippen molar-refractivity contribution in [1.29, 1.82) is 0 Å². The van der Waals surface area contributed by atoms with Crippen LogP contribution in [0.25, 0.3) is 0 Å². The Morgan fingerprint density at radius 1 is 0.929 bits per heavy atom. The van der Waals surface area contributed by atoms with Gasteiger partial charge in [0.2, 0.25) is 0 Å². The van der Waals surface area contributed by atoms with Gasteiger partial charge in [0, 0.05) is 11.3 Å². The lowest BCUT2D eigenvalue weighted by atomic mass is 10.1. The van der Waals surface area contributed by atoms with E-state index in [-0.39, 0.29) is 22.3 Å². The molecule has 0 fully saturated rings. The van der Waals surface area contributed by atoms with E-state index in [1.807, 2.05) is 0 Å². The van der Waals surface area contributed by atoms with Crippen LogP contribution in [0.1, 0.15) is 28.9 Å². The molecular weight excluding hydrogens is 379 g/mol. The zero-order valence-corrected chi connectivity index (χ0v) is 15.9. The van der Waals surface area contributed by atoms with Gasteiger partial charge in [0.05, 0.1) is 10.9 Å². The molecule has 7 heteroatoms. The molecule has 0 bridgehead atoms. The number of rotatable bonds is 6. The molecule has 0 saturated carbocycles. The van der Waals surface area contributed by atoms with Gasteiger partial charge in [0.15, 0.2) is 0 Å². The smallest absolute Gasteiger partial charge is 0.261 e. The molecule has 0 aliphatic rings. The Morgan fingerprint density at radius 3 is 2.29 bits per heavy atom. The molecule has 0 aromatic heterocycles. The quantitative estimate of drug-likeness (QED) is 0.656. The molecular formula is C21H19FN2O3S. The molecule has 0 radical (unpaired) electrons. The summed E-state index contributed by atoms with van der Waals surface area (Å²) in [4.78, 5) is 12.5. The van der Waals surface area contributed by atoms with E-state index in [4.69, 9.17) is 0 Å². The molecule has 2 N–H and O–H groups in total. The Bertz CT molecular complexity index is 1070. The molecule has 0 aliphatic heterocycles. The molecule has 0 heterocycles. The van der Waals surface area contributed by atoms with E-state index in [0.717, 1.165) is 5.56 Å². The summed E-state index contributed by atoms with van der Waals surface area (Å²) in [6.07, 6.45) is 0. The van der Waals surface area contributed by atoms with Gasteiger partial charge in [-0.1, -0.05) is 36.4 Å². The van der Waals surface area contributed by atoms with Gasteiger partial charge < -0.3 is 5.32 Å². The first-order valence-electron chi connectivity index (χ1n) is 8.59. The van der Waals surface area contributed by atoms with Gasteiger partial charge in [-0.25, -0.2) is 12.8 Å². The lowest BCUT2D eigenvalue weighted by Gasteiger charge is -2.15. The van der Waals surface area contributed by atoms with Crippen LogP contribution in [0, 0.1) is 5.82 Å². The molecule has 5 nitrogen and oxygen atoms in total. The van der Waals surface area contributed by atoms with Gasteiger partial charge in [0.25, 0.3) is 15.9 Å². The second-order valence-corrected chi connectivity index (χ2v) is 7.93. The number of carbonyl (C=O) groups is 1. The molecule has 0 aliphatic carbocycles. The van der Waals surface area contributed by atoms with E-state index in [2.05, 4.69) is 10.0 Å². The normalized spacial score (nSPS) is 12.2. The lowest BCUT2D eigenvalue weighted by molar-refractivity contribution is 0.0939. The van der Waals surface area contributed by atoms with E-state index < -0.39 is 15.9 Å². The molecule has 0 saturated heterocycles. The van der Waals surface area contributed by atoms with Crippen molar-refractivity contribution >= 4 is 21.6 Å². The first-order valence-corrected chi connectivity index (χ1v) is 10.1. The molecule has 3 aromatic carbocycles. The minimum Gasteiger partial charge on any atom is -0.346 e. The Morgan fingerprint density at radius 2 is 1.61 bits per heavy atom. The summed E-state index contributed by atoms with van der Waals surface area (Å²) in [6.45, 7) is 1.77. The highest BCUT2D eigenvalue weighted by Crippen LogP contribution is 2.18. The van der Waals surface area contributed by atoms with Crippen molar-refractivity contribution in [3.63, 3.8) is 0 Å². The summed E-state index contributed by atoms with van der Waals surface area (Å²) in [5.74, 6) is -0.778. The number of para-hydroxylation sites is 1. The largest absolute Gasteiger partial charge is 0.346 e. The molecule has 3 aromatic rings. The standard InChI is InChI=1S/C21H19FN2O3S/c1-15(16-10-12-18(22)13-11-16)23-21(25)17-6-5-9-20(14-17)28(26,27)24-19-7-3-2-4-8-19/h2-15,24H,1H3,(H,23,25). The highest BCUT2D eigenvalue weighted by Gasteiger charge is 2.17. The van der Waals surface area contributed by atoms with Gasteiger partial charge >= 0.3 is 0 Å². The third-order valence-corrected chi connectivity index (χ3v) is 5.53. The third kappa shape index (κ3) is 4.75. The van der Waals surface area contributed by atoms with Crippen LogP contribution < -0.4 is 10.0 Å². The average Bonchev–Trinajstić information content (AvgIpc) is 2.69. The minimum absolute atomic E-state index is 0.0153. The Hall–Kier alpha value is -3.19. The number of anilines is 1. The highest BCUT2D eigenvalue weighted by molar-refractivity contribution is 7.92. The van der Waals surface area contributed by atoms with Crippen LogP contribution in [-0.4, -0.2) is 14.3 Å². The second-order valence-electron chi connectivity index (χ2n) is 6.25. The zero-order valence-electron chi connectivity index (χ0n) is 15.1. The highest BCUT2D eigenvalue weighted by atomic mass is 32.2. The topological polar surface area (TPSA) is 75.3 Å². The van der Waals surface area contributed by atoms with Crippen LogP contribution in [0.3, 0.4) is 0 Å². The Kier molecular flexibility index (Phi) is 5.75. The summed E-state index contributed by atoms with van der Waals surface area (Å²) in [6, 6.07) is 19.7. The fourth-order valence-corrected chi connectivity index (χ4v) is 3.74. The second kappa shape index (κ2) is 8.22. The molecule has 0 spiro atoms. The van der Waals surface area contributed by atoms with Crippen molar-refractivity contribution in [3.8, 4) is 0 Å². The van der Waals surface area contributed by atoms with Crippen LogP contribution >= 0.6 is 0 Å². The molecule has 1 unspecified atom stereocenters. The molecule has 3 rings (SSSR count). The maximum absolute atomic E-state index is 13.0. The summed E-state index contributed by atoms with van der Waals surface area (Å²) in [5.41, 5.74) is 1.39. The fraction of sp³-hybridized carbons (Fsp3) is 0.0952. The molecule has 28 heavy (non-hydrogen) atoms. The van der Waals surface area contributed by atoms with Crippen molar-refractivity contribution in [2.75, 3.05) is 4.72 Å². The summed E-state index contributed by atoms with van der Waals surface area (Å²) < 4.78 is 40.7. The molecule has 1 amide bonds. The molecule has 144 valence electrons. The predicted molar refractivity (Wildman–Crippen MR) is 106 cm³/mol. The van der Waals surface area contributed by atoms with Gasteiger partial charge in [-0.05, 0) is 55.0 Å². The first-order chi connectivity index (χ1) is 13.3. The van der Waals surface area contributed by atoms with E-state index >= 15 is 0 Å². The lowest BCUT2D eigenvalue weighted by Crippen LogP contribution is -2.27. The number of sulfonamides is 1. The summed E-state index contributed by atoms with van der Waals surface area (Å²) in [5, 5.41) is 2.78. The average molecular weight is 398 g/mol. The van der Waals surface area contributed by atoms with Gasteiger partial charge in [-0.15, -0.1) is 0 Å². The fourth-order valence-electron chi connectivity index (χ4n) is 2.64. The first kappa shape index (κ1) is 19.6. The van der Waals surface area contributed by atoms with Gasteiger partial charge in [0.1, 0.15) is 5.82 Å². The third-order valence-electron chi connectivity index (χ3n) is 4.15. The maximum Gasteiger partial charge on any atom is 0.261 e. The van der Waals surface area contributed by atoms with Crippen LogP contribution in [0.4, 0.5) is 10.1 Å². The van der Waals surface area contributed by atoms with Crippen molar-refractivity contribution < 1.29 is 17.6 Å². The SMILES string of the molecule is CC(NC(=O)c1cccc(S(=O)(=O)Nc2ccccc2)c1)c1ccc(F)cc1. The van der Waals surface area contributed by atoms with Crippen molar-refractivity contribution in [1.82, 2.24) is 5.32 Å². The number of benzene rings is 3. The minimum atomic E-state index is -3.83. The van der Waals surface area contributed by atoms with E-state index in [0.29, 0.717) is 5.69 Å². The van der Waals surface area contributed by atoms with Crippen LogP contribution in [0.5, 0.6) is 0 Å². The van der Waals surface area contributed by atoms with E-state index in [1.165, 1.54) is 36.4 Å². The number of halogens is 1. The Balaban J connectivity index is 1.76. The molecule has 1 atom stereocenters. The number of nitrogens with one attached hydrogen (secondary N) is 2. The van der Waals surface area contributed by atoms with Gasteiger partial charge in [-0.2, -0.15) is 0 Å². The monoisotopic (exact) mass is 398 g/mol. The van der Waals surface area contributed by atoms with Crippen molar-refractivity contribution in [3.05, 3.63) is 95.8 Å². The van der Waals surface area contributed by atoms with Crippen molar-refractivity contribution in [2.45, 2.75) is 17.9 Å². The maximum atomic E-state index is 13.0. The van der Waals surface area contributed by atoms with Crippen molar-refractivity contribution in [2.24, 2.45) is 0 Å². The van der Waals surface area contributed by atoms with Crippen LogP contribution in [-0.2, 0) is 10.0 Å². The summed E-state index contributed by atoms with van der Waals surface area (Å²) in [7, 11) is -3.83. The Labute approximate surface area is 163 Å². The van der Waals surface area contributed by atoms with E-state index in [1.54, 1.807) is 49.4 Å². The number of amides is 1. The number of carbonyl (C=O) groups excluding carboxylic acids is 1. The zero-order chi connectivity index (χ0) is 20.1. The summed E-state index contributed by atoms with van der Waals surface area (Å²) >= 11 is 0. The van der Waals surface area contributed by atoms with Crippen LogP contribution in [0.2, 0.25) is 0 Å². The van der Waals surface area contributed by atoms with Gasteiger partial charge in [-0.3, -0.25) is 9.52 Å². The predicted octanol–water partition coefficient (Wildman–Crippen LogP) is 4.12. The number of hydrogen-bond acceptors (Lipinski definition) is 3. The van der Waals surface area contributed by atoms with E-state index in [9.17, 15) is 17.6 Å². The number of hydrogen-bond donors (Lipinski definition) is 2. The van der Waals surface area contributed by atoms with Crippen LogP contribution in [0.15, 0.2) is 83.8 Å².